The van der Waals surface area contributed by atoms with Crippen LogP contribution in [0.3, 0.4) is 0 Å². The number of piperidine rings is 2. The zero-order chi connectivity index (χ0) is 16.7. The van der Waals surface area contributed by atoms with E-state index in [1.54, 1.807) is 10.8 Å². The summed E-state index contributed by atoms with van der Waals surface area (Å²) < 4.78 is 1.78. The standard InChI is InChI=1S/C17H26N6O/c1-3-13-9-14(16-19-18-12-23(16)20-13)22-7-4-6-17(11-22)10-21(2)8-5-15(17)24/h9,12,15,24H,3-8,10-11H2,1-2H3/t15-,17-/m0/s1. The molecule has 7 nitrogen and oxygen atoms in total. The van der Waals surface area contributed by atoms with Gasteiger partial charge in [-0.3, -0.25) is 0 Å². The number of hydrogen-bond donors (Lipinski definition) is 1. The third kappa shape index (κ3) is 2.56. The van der Waals surface area contributed by atoms with E-state index in [-0.39, 0.29) is 11.5 Å². The van der Waals surface area contributed by atoms with E-state index in [1.807, 2.05) is 0 Å². The smallest absolute Gasteiger partial charge is 0.200 e. The molecule has 0 unspecified atom stereocenters. The van der Waals surface area contributed by atoms with Crippen LogP contribution >= 0.6 is 0 Å². The Morgan fingerprint density at radius 1 is 1.33 bits per heavy atom. The summed E-state index contributed by atoms with van der Waals surface area (Å²) in [6.45, 7) is 5.91. The van der Waals surface area contributed by atoms with Gasteiger partial charge in [0.05, 0.1) is 17.5 Å². The summed E-state index contributed by atoms with van der Waals surface area (Å²) in [6.07, 6.45) is 5.37. The minimum absolute atomic E-state index is 0.0437. The first-order chi connectivity index (χ1) is 11.6. The van der Waals surface area contributed by atoms with Crippen LogP contribution in [0, 0.1) is 5.41 Å². The van der Waals surface area contributed by atoms with Crippen molar-refractivity contribution >= 4 is 11.3 Å². The van der Waals surface area contributed by atoms with Crippen molar-refractivity contribution in [1.82, 2.24) is 24.7 Å². The van der Waals surface area contributed by atoms with Crippen molar-refractivity contribution < 1.29 is 5.11 Å². The number of aryl methyl sites for hydroxylation is 1. The normalized spacial score (nSPS) is 28.8. The van der Waals surface area contributed by atoms with Gasteiger partial charge in [0, 0.05) is 31.6 Å². The van der Waals surface area contributed by atoms with Crippen molar-refractivity contribution in [2.75, 3.05) is 38.1 Å². The first kappa shape index (κ1) is 15.8. The van der Waals surface area contributed by atoms with Crippen molar-refractivity contribution in [2.45, 2.75) is 38.7 Å². The molecule has 2 fully saturated rings. The largest absolute Gasteiger partial charge is 0.392 e. The summed E-state index contributed by atoms with van der Waals surface area (Å²) in [6, 6.07) is 2.14. The fourth-order valence-electron chi connectivity index (χ4n) is 4.40. The predicted molar refractivity (Wildman–Crippen MR) is 92.2 cm³/mol. The Bertz CT molecular complexity index is 731. The summed E-state index contributed by atoms with van der Waals surface area (Å²) >= 11 is 0. The van der Waals surface area contributed by atoms with Gasteiger partial charge in [0.1, 0.15) is 6.33 Å². The van der Waals surface area contributed by atoms with E-state index in [4.69, 9.17) is 0 Å². The molecule has 0 saturated carbocycles. The highest BCUT2D eigenvalue weighted by Crippen LogP contribution is 2.40. The van der Waals surface area contributed by atoms with Gasteiger partial charge in [-0.05, 0) is 38.8 Å². The van der Waals surface area contributed by atoms with Gasteiger partial charge in [-0.2, -0.15) is 9.61 Å². The lowest BCUT2D eigenvalue weighted by molar-refractivity contribution is -0.0465. The molecule has 7 heteroatoms. The SMILES string of the molecule is CCc1cc(N2CCC[C@]3(CN(C)CC[C@@H]3O)C2)c2nncn2n1. The van der Waals surface area contributed by atoms with Crippen molar-refractivity contribution in [1.29, 1.82) is 0 Å². The van der Waals surface area contributed by atoms with Gasteiger partial charge in [-0.1, -0.05) is 6.92 Å². The van der Waals surface area contributed by atoms with Crippen LogP contribution in [0.15, 0.2) is 12.4 Å². The number of fused-ring (bicyclic) bond motifs is 1. The average Bonchev–Trinajstić information content (AvgIpc) is 3.06. The highest BCUT2D eigenvalue weighted by Gasteiger charge is 2.45. The lowest BCUT2D eigenvalue weighted by atomic mass is 9.71. The minimum Gasteiger partial charge on any atom is -0.392 e. The van der Waals surface area contributed by atoms with Gasteiger partial charge >= 0.3 is 0 Å². The molecule has 0 radical (unpaired) electrons. The number of aliphatic hydroxyl groups is 1. The first-order valence-electron chi connectivity index (χ1n) is 8.93. The third-order valence-electron chi connectivity index (χ3n) is 5.69. The highest BCUT2D eigenvalue weighted by molar-refractivity contribution is 5.68. The molecule has 130 valence electrons. The second-order valence-corrected chi connectivity index (χ2v) is 7.40. The number of anilines is 1. The summed E-state index contributed by atoms with van der Waals surface area (Å²) in [5.41, 5.74) is 2.90. The van der Waals surface area contributed by atoms with E-state index in [0.717, 1.165) is 68.9 Å². The Hall–Kier alpha value is -1.73. The van der Waals surface area contributed by atoms with E-state index in [2.05, 4.69) is 45.1 Å². The minimum atomic E-state index is -0.224. The molecule has 2 atom stereocenters. The van der Waals surface area contributed by atoms with Crippen molar-refractivity contribution in [3.8, 4) is 0 Å². The number of aliphatic hydroxyl groups excluding tert-OH is 1. The zero-order valence-electron chi connectivity index (χ0n) is 14.5. The van der Waals surface area contributed by atoms with E-state index in [1.165, 1.54) is 0 Å². The molecule has 0 aromatic carbocycles. The molecule has 1 spiro atoms. The molecule has 1 N–H and O–H groups in total. The average molecular weight is 330 g/mol. The maximum Gasteiger partial charge on any atom is 0.200 e. The van der Waals surface area contributed by atoms with Gasteiger partial charge in [0.25, 0.3) is 0 Å². The second-order valence-electron chi connectivity index (χ2n) is 7.40. The molecule has 4 rings (SSSR count). The van der Waals surface area contributed by atoms with Crippen LogP contribution in [0.4, 0.5) is 5.69 Å². The molecule has 0 bridgehead atoms. The Balaban J connectivity index is 1.70. The third-order valence-corrected chi connectivity index (χ3v) is 5.69. The second kappa shape index (κ2) is 5.97. The van der Waals surface area contributed by atoms with Crippen LogP contribution in [0.1, 0.15) is 31.9 Å². The molecule has 4 heterocycles. The fourth-order valence-corrected chi connectivity index (χ4v) is 4.40. The molecule has 2 aromatic rings. The molecule has 2 aromatic heterocycles. The Morgan fingerprint density at radius 3 is 3.04 bits per heavy atom. The number of aromatic nitrogens is 4. The van der Waals surface area contributed by atoms with E-state index >= 15 is 0 Å². The molecule has 2 aliphatic rings. The Morgan fingerprint density at radius 2 is 2.21 bits per heavy atom. The van der Waals surface area contributed by atoms with Gasteiger partial charge in [0.15, 0.2) is 0 Å². The molecule has 2 saturated heterocycles. The van der Waals surface area contributed by atoms with Crippen LogP contribution in [0.5, 0.6) is 0 Å². The Labute approximate surface area is 142 Å². The van der Waals surface area contributed by atoms with Crippen molar-refractivity contribution in [3.63, 3.8) is 0 Å². The van der Waals surface area contributed by atoms with E-state index < -0.39 is 0 Å². The molecule has 0 aliphatic carbocycles. The van der Waals surface area contributed by atoms with Crippen LogP contribution in [-0.2, 0) is 6.42 Å². The van der Waals surface area contributed by atoms with Gasteiger partial charge in [0.2, 0.25) is 5.65 Å². The number of nitrogens with zero attached hydrogens (tertiary/aromatic N) is 6. The molecule has 24 heavy (non-hydrogen) atoms. The Kier molecular flexibility index (Phi) is 3.92. The van der Waals surface area contributed by atoms with Gasteiger partial charge in [-0.25, -0.2) is 0 Å². The zero-order valence-corrected chi connectivity index (χ0v) is 14.5. The first-order valence-corrected chi connectivity index (χ1v) is 8.93. The van der Waals surface area contributed by atoms with Gasteiger partial charge in [-0.15, -0.1) is 10.2 Å². The number of hydrogen-bond acceptors (Lipinski definition) is 6. The van der Waals surface area contributed by atoms with Crippen molar-refractivity contribution in [2.24, 2.45) is 5.41 Å². The van der Waals surface area contributed by atoms with Crippen molar-refractivity contribution in [3.05, 3.63) is 18.1 Å². The predicted octanol–water partition coefficient (Wildman–Crippen LogP) is 0.970. The van der Waals surface area contributed by atoms with E-state index in [0.29, 0.717) is 0 Å². The lowest BCUT2D eigenvalue weighted by Crippen LogP contribution is -2.58. The summed E-state index contributed by atoms with van der Waals surface area (Å²) in [5.74, 6) is 0. The quantitative estimate of drug-likeness (QED) is 0.885. The highest BCUT2D eigenvalue weighted by atomic mass is 16.3. The topological polar surface area (TPSA) is 69.8 Å². The molecular formula is C17H26N6O. The summed E-state index contributed by atoms with van der Waals surface area (Å²) in [4.78, 5) is 4.74. The lowest BCUT2D eigenvalue weighted by Gasteiger charge is -2.51. The summed E-state index contributed by atoms with van der Waals surface area (Å²) in [5, 5.41) is 23.6. The number of rotatable bonds is 2. The van der Waals surface area contributed by atoms with Crippen LogP contribution in [0.2, 0.25) is 0 Å². The monoisotopic (exact) mass is 330 g/mol. The van der Waals surface area contributed by atoms with Crippen LogP contribution < -0.4 is 4.90 Å². The molecule has 0 amide bonds. The number of likely N-dealkylation sites (tertiary alicyclic amines) is 1. The summed E-state index contributed by atoms with van der Waals surface area (Å²) in [7, 11) is 2.16. The maximum atomic E-state index is 10.7. The van der Waals surface area contributed by atoms with Crippen LogP contribution in [0.25, 0.3) is 5.65 Å². The van der Waals surface area contributed by atoms with Crippen LogP contribution in [-0.4, -0.2) is 69.1 Å². The molecular weight excluding hydrogens is 304 g/mol. The van der Waals surface area contributed by atoms with Gasteiger partial charge < -0.3 is 14.9 Å². The molecule has 2 aliphatic heterocycles. The fraction of sp³-hybridized carbons (Fsp3) is 0.706. The van der Waals surface area contributed by atoms with E-state index in [9.17, 15) is 5.11 Å². The maximum absolute atomic E-state index is 10.7.